The molecule has 0 aliphatic carbocycles. The van der Waals surface area contributed by atoms with Crippen LogP contribution in [-0.2, 0) is 13.5 Å². The summed E-state index contributed by atoms with van der Waals surface area (Å²) in [4.78, 5) is 11.5. The normalized spacial score (nSPS) is 10.4. The smallest absolute Gasteiger partial charge is 0.162 e. The van der Waals surface area contributed by atoms with E-state index < -0.39 is 0 Å². The van der Waals surface area contributed by atoms with E-state index in [4.69, 9.17) is 0 Å². The fourth-order valence-corrected chi connectivity index (χ4v) is 1.93. The minimum atomic E-state index is 0.182. The number of nitrogens with one attached hydrogen (secondary N) is 1. The van der Waals surface area contributed by atoms with Gasteiger partial charge in [0.25, 0.3) is 0 Å². The van der Waals surface area contributed by atoms with E-state index >= 15 is 0 Å². The molecule has 19 heavy (non-hydrogen) atoms. The number of Topliss-reactive ketones (excluding diaryl/α,β-unsaturated/α-hetero) is 1. The Labute approximate surface area is 113 Å². The van der Waals surface area contributed by atoms with Crippen molar-refractivity contribution in [3.63, 3.8) is 0 Å². The first-order valence-electron chi connectivity index (χ1n) is 6.53. The predicted molar refractivity (Wildman–Crippen MR) is 76.5 cm³/mol. The van der Waals surface area contributed by atoms with Crippen LogP contribution in [-0.4, -0.2) is 22.1 Å². The van der Waals surface area contributed by atoms with E-state index in [0.29, 0.717) is 6.42 Å². The highest BCUT2D eigenvalue weighted by molar-refractivity contribution is 5.96. The van der Waals surface area contributed by atoms with Crippen LogP contribution >= 0.6 is 0 Å². The molecule has 0 aliphatic heterocycles. The Morgan fingerprint density at radius 1 is 1.32 bits per heavy atom. The highest BCUT2D eigenvalue weighted by atomic mass is 16.1. The van der Waals surface area contributed by atoms with E-state index in [1.54, 1.807) is 4.68 Å². The molecule has 0 saturated heterocycles. The Morgan fingerprint density at radius 2 is 2.05 bits per heavy atom. The average Bonchev–Trinajstić information content (AvgIpc) is 2.84. The number of ketones is 1. The minimum Gasteiger partial charge on any atom is -0.385 e. The summed E-state index contributed by atoms with van der Waals surface area (Å²) < 4.78 is 1.81. The van der Waals surface area contributed by atoms with Gasteiger partial charge in [-0.3, -0.25) is 9.48 Å². The molecule has 1 N–H and O–H groups in total. The molecule has 100 valence electrons. The summed E-state index contributed by atoms with van der Waals surface area (Å²) in [5, 5.41) is 7.47. The first kappa shape index (κ1) is 13.3. The number of aryl methyl sites for hydroxylation is 1. The van der Waals surface area contributed by atoms with Gasteiger partial charge >= 0.3 is 0 Å². The predicted octanol–water partition coefficient (Wildman–Crippen LogP) is 2.67. The van der Waals surface area contributed by atoms with Crippen molar-refractivity contribution in [3.8, 4) is 0 Å². The highest BCUT2D eigenvalue weighted by Gasteiger charge is 2.02. The fraction of sp³-hybridized carbons (Fsp3) is 0.333. The summed E-state index contributed by atoms with van der Waals surface area (Å²) >= 11 is 0. The van der Waals surface area contributed by atoms with Crippen molar-refractivity contribution >= 4 is 11.5 Å². The lowest BCUT2D eigenvalue weighted by atomic mass is 10.1. The van der Waals surface area contributed by atoms with Crippen LogP contribution < -0.4 is 5.32 Å². The Kier molecular flexibility index (Phi) is 4.34. The van der Waals surface area contributed by atoms with E-state index in [1.807, 2.05) is 50.6 Å². The first-order valence-corrected chi connectivity index (χ1v) is 6.53. The number of hydrogen-bond acceptors (Lipinski definition) is 3. The molecule has 0 saturated carbocycles. The Bertz CT molecular complexity index is 543. The van der Waals surface area contributed by atoms with Crippen LogP contribution in [0.4, 0.5) is 5.69 Å². The lowest BCUT2D eigenvalue weighted by molar-refractivity contribution is 0.0988. The Hall–Kier alpha value is -2.10. The molecule has 4 heteroatoms. The van der Waals surface area contributed by atoms with Crippen LogP contribution in [0, 0.1) is 0 Å². The third kappa shape index (κ3) is 3.68. The number of hydrogen-bond donors (Lipinski definition) is 1. The molecule has 1 aromatic carbocycles. The number of aromatic nitrogens is 2. The van der Waals surface area contributed by atoms with E-state index in [-0.39, 0.29) is 5.78 Å². The molecule has 2 aromatic rings. The van der Waals surface area contributed by atoms with Gasteiger partial charge in [0.15, 0.2) is 5.78 Å². The Balaban J connectivity index is 1.84. The van der Waals surface area contributed by atoms with Gasteiger partial charge in [-0.25, -0.2) is 0 Å². The van der Waals surface area contributed by atoms with Crippen molar-refractivity contribution in [3.05, 3.63) is 47.8 Å². The van der Waals surface area contributed by atoms with Crippen LogP contribution in [0.15, 0.2) is 36.7 Å². The number of rotatable bonds is 6. The van der Waals surface area contributed by atoms with Crippen molar-refractivity contribution < 1.29 is 4.79 Å². The largest absolute Gasteiger partial charge is 0.385 e. The van der Waals surface area contributed by atoms with Crippen LogP contribution in [0.25, 0.3) is 0 Å². The van der Waals surface area contributed by atoms with Crippen molar-refractivity contribution in [2.45, 2.75) is 19.8 Å². The zero-order valence-electron chi connectivity index (χ0n) is 11.4. The van der Waals surface area contributed by atoms with Gasteiger partial charge in [0.1, 0.15) is 0 Å². The Morgan fingerprint density at radius 3 is 2.63 bits per heavy atom. The second-order valence-corrected chi connectivity index (χ2v) is 4.55. The van der Waals surface area contributed by atoms with E-state index in [0.717, 1.165) is 24.2 Å². The SMILES string of the molecule is CCC(=O)c1ccc(NCCc2cnn(C)c2)cc1. The van der Waals surface area contributed by atoms with E-state index in [9.17, 15) is 4.79 Å². The van der Waals surface area contributed by atoms with Gasteiger partial charge < -0.3 is 5.32 Å². The molecule has 1 heterocycles. The lowest BCUT2D eigenvalue weighted by Gasteiger charge is -2.06. The molecule has 0 bridgehead atoms. The maximum atomic E-state index is 11.5. The lowest BCUT2D eigenvalue weighted by Crippen LogP contribution is -2.05. The molecule has 0 fully saturated rings. The molecular weight excluding hydrogens is 238 g/mol. The summed E-state index contributed by atoms with van der Waals surface area (Å²) in [6.07, 6.45) is 5.38. The summed E-state index contributed by atoms with van der Waals surface area (Å²) in [6.45, 7) is 2.73. The molecule has 4 nitrogen and oxygen atoms in total. The molecule has 2 rings (SSSR count). The zero-order valence-corrected chi connectivity index (χ0v) is 11.4. The maximum Gasteiger partial charge on any atom is 0.162 e. The van der Waals surface area contributed by atoms with Crippen molar-refractivity contribution in [1.29, 1.82) is 0 Å². The van der Waals surface area contributed by atoms with Gasteiger partial charge in [-0.05, 0) is 36.2 Å². The molecule has 0 atom stereocenters. The minimum absolute atomic E-state index is 0.182. The number of carbonyl (C=O) groups excluding carboxylic acids is 1. The summed E-state index contributed by atoms with van der Waals surface area (Å²) in [5.74, 6) is 0.182. The average molecular weight is 257 g/mol. The second kappa shape index (κ2) is 6.18. The van der Waals surface area contributed by atoms with Crippen LogP contribution in [0.5, 0.6) is 0 Å². The molecule has 0 amide bonds. The maximum absolute atomic E-state index is 11.5. The van der Waals surface area contributed by atoms with Crippen LogP contribution in [0.2, 0.25) is 0 Å². The van der Waals surface area contributed by atoms with Gasteiger partial charge in [0.05, 0.1) is 6.20 Å². The number of carbonyl (C=O) groups is 1. The number of nitrogens with zero attached hydrogens (tertiary/aromatic N) is 2. The topological polar surface area (TPSA) is 46.9 Å². The van der Waals surface area contributed by atoms with Gasteiger partial charge in [-0.2, -0.15) is 5.10 Å². The van der Waals surface area contributed by atoms with Crippen LogP contribution in [0.1, 0.15) is 29.3 Å². The monoisotopic (exact) mass is 257 g/mol. The summed E-state index contributed by atoms with van der Waals surface area (Å²) in [6, 6.07) is 7.65. The van der Waals surface area contributed by atoms with Gasteiger partial charge in [-0.1, -0.05) is 6.92 Å². The fourth-order valence-electron chi connectivity index (χ4n) is 1.93. The van der Waals surface area contributed by atoms with E-state index in [1.165, 1.54) is 5.56 Å². The molecular formula is C15H19N3O. The number of benzene rings is 1. The van der Waals surface area contributed by atoms with Crippen molar-refractivity contribution in [1.82, 2.24) is 9.78 Å². The van der Waals surface area contributed by atoms with Crippen molar-refractivity contribution in [2.75, 3.05) is 11.9 Å². The van der Waals surface area contributed by atoms with Crippen LogP contribution in [0.3, 0.4) is 0 Å². The second-order valence-electron chi connectivity index (χ2n) is 4.55. The third-order valence-electron chi connectivity index (χ3n) is 3.03. The number of anilines is 1. The molecule has 1 aromatic heterocycles. The molecule has 0 spiro atoms. The molecule has 0 unspecified atom stereocenters. The third-order valence-corrected chi connectivity index (χ3v) is 3.03. The van der Waals surface area contributed by atoms with Gasteiger partial charge in [0.2, 0.25) is 0 Å². The van der Waals surface area contributed by atoms with E-state index in [2.05, 4.69) is 10.4 Å². The highest BCUT2D eigenvalue weighted by Crippen LogP contribution is 2.11. The van der Waals surface area contributed by atoms with Gasteiger partial charge in [0, 0.05) is 37.5 Å². The zero-order chi connectivity index (χ0) is 13.7. The van der Waals surface area contributed by atoms with Crippen molar-refractivity contribution in [2.24, 2.45) is 7.05 Å². The quantitative estimate of drug-likeness (QED) is 0.809. The first-order chi connectivity index (χ1) is 9.19. The molecule has 0 aliphatic rings. The summed E-state index contributed by atoms with van der Waals surface area (Å²) in [5.41, 5.74) is 3.03. The molecule has 0 radical (unpaired) electrons. The summed E-state index contributed by atoms with van der Waals surface area (Å²) in [7, 11) is 1.92. The van der Waals surface area contributed by atoms with Gasteiger partial charge in [-0.15, -0.1) is 0 Å². The standard InChI is InChI=1S/C15H19N3O/c1-3-15(19)13-4-6-14(7-5-13)16-9-8-12-10-17-18(2)11-12/h4-7,10-11,16H,3,8-9H2,1-2H3.